The van der Waals surface area contributed by atoms with Crippen LogP contribution < -0.4 is 10.6 Å². The summed E-state index contributed by atoms with van der Waals surface area (Å²) in [7, 11) is -3.09. The molecular weight excluding hydrogens is 479 g/mol. The van der Waals surface area contributed by atoms with E-state index in [9.17, 15) is 0 Å². The van der Waals surface area contributed by atoms with Gasteiger partial charge in [0.15, 0.2) is 7.14 Å². The summed E-state index contributed by atoms with van der Waals surface area (Å²) in [6.07, 6.45) is 0. The molecule has 0 amide bonds. The van der Waals surface area contributed by atoms with E-state index >= 15 is 4.57 Å². The van der Waals surface area contributed by atoms with E-state index in [1.807, 2.05) is 29.5 Å². The number of benzene rings is 2. The molecule has 1 atom stereocenters. The van der Waals surface area contributed by atoms with Crippen LogP contribution in [0, 0.1) is 27.7 Å². The van der Waals surface area contributed by atoms with Crippen LogP contribution >= 0.6 is 41.2 Å². The average Bonchev–Trinajstić information content (AvgIpc) is 3.50. The SMILES string of the molecule is Cc1cc(C2=C(c3cc(C)sc3C)P(=O)(c3ccccc3)c3c2sc2ccccc32)c(C)s1. The molecular formula is C28H23OPS3. The Hall–Kier alpha value is -2.23. The van der Waals surface area contributed by atoms with E-state index in [4.69, 9.17) is 0 Å². The maximum atomic E-state index is 15.7. The minimum absolute atomic E-state index is 0.924. The van der Waals surface area contributed by atoms with Crippen molar-refractivity contribution < 1.29 is 4.57 Å². The Morgan fingerprint density at radius 2 is 1.30 bits per heavy atom. The fourth-order valence-electron chi connectivity index (χ4n) is 5.09. The van der Waals surface area contributed by atoms with E-state index in [0.717, 1.165) is 26.9 Å². The average molecular weight is 503 g/mol. The fourth-order valence-corrected chi connectivity index (χ4v) is 12.2. The summed E-state index contributed by atoms with van der Waals surface area (Å²) in [6.45, 7) is 8.68. The van der Waals surface area contributed by atoms with Crippen LogP contribution in [0.3, 0.4) is 0 Å². The van der Waals surface area contributed by atoms with E-state index in [1.165, 1.54) is 40.2 Å². The first-order chi connectivity index (χ1) is 15.9. The minimum atomic E-state index is -3.09. The molecule has 0 saturated carbocycles. The Morgan fingerprint density at radius 3 is 1.94 bits per heavy atom. The first-order valence-electron chi connectivity index (χ1n) is 11.0. The molecule has 0 aliphatic carbocycles. The van der Waals surface area contributed by atoms with E-state index in [0.29, 0.717) is 0 Å². The number of hydrogen-bond acceptors (Lipinski definition) is 4. The summed E-state index contributed by atoms with van der Waals surface area (Å²) in [5.41, 5.74) is 3.56. The highest BCUT2D eigenvalue weighted by Crippen LogP contribution is 2.68. The quantitative estimate of drug-likeness (QED) is 0.226. The van der Waals surface area contributed by atoms with Gasteiger partial charge in [0, 0.05) is 61.5 Å². The predicted octanol–water partition coefficient (Wildman–Crippen LogP) is 8.50. The standard InChI is InChI=1S/C28H23OPS3/c1-16-14-22(18(3)31-16)25-26(23-15-17(2)32-19(23)4)30(29,20-10-6-5-7-11-20)27-21-12-8-9-13-24(21)33-28(25)27/h5-15H,1-4H3. The van der Waals surface area contributed by atoms with Crippen molar-refractivity contribution >= 4 is 72.7 Å². The number of aryl methyl sites for hydroxylation is 4. The van der Waals surface area contributed by atoms with Gasteiger partial charge in [-0.3, -0.25) is 0 Å². The molecule has 0 bridgehead atoms. The molecule has 0 spiro atoms. The van der Waals surface area contributed by atoms with Crippen molar-refractivity contribution in [2.75, 3.05) is 0 Å². The van der Waals surface area contributed by atoms with Gasteiger partial charge >= 0.3 is 0 Å². The zero-order valence-corrected chi connectivity index (χ0v) is 22.3. The van der Waals surface area contributed by atoms with E-state index < -0.39 is 7.14 Å². The van der Waals surface area contributed by atoms with Gasteiger partial charge in [0.25, 0.3) is 0 Å². The highest BCUT2D eigenvalue weighted by atomic mass is 32.1. The van der Waals surface area contributed by atoms with E-state index in [-0.39, 0.29) is 0 Å². The topological polar surface area (TPSA) is 17.1 Å². The maximum absolute atomic E-state index is 15.7. The second-order valence-corrected chi connectivity index (χ2v) is 15.2. The molecule has 2 aromatic carbocycles. The highest BCUT2D eigenvalue weighted by Gasteiger charge is 2.47. The van der Waals surface area contributed by atoms with Crippen molar-refractivity contribution in [2.24, 2.45) is 0 Å². The third kappa shape index (κ3) is 3.05. The molecule has 6 rings (SSSR count). The monoisotopic (exact) mass is 502 g/mol. The van der Waals surface area contributed by atoms with Crippen molar-refractivity contribution in [1.29, 1.82) is 0 Å². The Balaban J connectivity index is 1.84. The Kier molecular flexibility index (Phi) is 4.94. The van der Waals surface area contributed by atoms with Gasteiger partial charge in [-0.05, 0) is 51.5 Å². The Labute approximate surface area is 206 Å². The lowest BCUT2D eigenvalue weighted by atomic mass is 10.0. The largest absolute Gasteiger partial charge is 0.309 e. The summed E-state index contributed by atoms with van der Waals surface area (Å²) in [6, 6.07) is 23.2. The fraction of sp³-hybridized carbons (Fsp3) is 0.143. The first kappa shape index (κ1) is 21.3. The normalized spacial score (nSPS) is 17.8. The lowest BCUT2D eigenvalue weighted by molar-refractivity contribution is 0.593. The molecule has 1 aliphatic heterocycles. The van der Waals surface area contributed by atoms with Crippen molar-refractivity contribution in [2.45, 2.75) is 27.7 Å². The van der Waals surface area contributed by atoms with Gasteiger partial charge in [-0.1, -0.05) is 48.5 Å². The molecule has 5 heteroatoms. The van der Waals surface area contributed by atoms with Gasteiger partial charge in [0.05, 0.1) is 0 Å². The first-order valence-corrected chi connectivity index (χ1v) is 15.1. The third-order valence-corrected chi connectivity index (χ3v) is 12.9. The molecule has 1 nitrogen and oxygen atoms in total. The summed E-state index contributed by atoms with van der Waals surface area (Å²) in [5.74, 6) is 0. The van der Waals surface area contributed by atoms with Crippen molar-refractivity contribution in [3.63, 3.8) is 0 Å². The van der Waals surface area contributed by atoms with Crippen molar-refractivity contribution in [1.82, 2.24) is 0 Å². The van der Waals surface area contributed by atoms with Crippen LogP contribution in [0.2, 0.25) is 0 Å². The summed E-state index contributed by atoms with van der Waals surface area (Å²) < 4.78 is 16.9. The minimum Gasteiger partial charge on any atom is -0.309 e. The highest BCUT2D eigenvalue weighted by molar-refractivity contribution is 7.89. The predicted molar refractivity (Wildman–Crippen MR) is 149 cm³/mol. The smallest absolute Gasteiger partial charge is 0.174 e. The number of hydrogen-bond donors (Lipinski definition) is 0. The van der Waals surface area contributed by atoms with E-state index in [1.54, 1.807) is 22.7 Å². The molecule has 1 unspecified atom stereocenters. The zero-order chi connectivity index (χ0) is 22.9. The van der Waals surface area contributed by atoms with Crippen LogP contribution in [0.5, 0.6) is 0 Å². The van der Waals surface area contributed by atoms with Gasteiger partial charge in [-0.15, -0.1) is 34.0 Å². The van der Waals surface area contributed by atoms with Gasteiger partial charge in [-0.2, -0.15) is 0 Å². The van der Waals surface area contributed by atoms with Gasteiger partial charge in [-0.25, -0.2) is 0 Å². The molecule has 1 aliphatic rings. The van der Waals surface area contributed by atoms with Crippen LogP contribution in [-0.2, 0) is 4.57 Å². The van der Waals surface area contributed by atoms with Gasteiger partial charge in [0.1, 0.15) is 0 Å². The van der Waals surface area contributed by atoms with Gasteiger partial charge < -0.3 is 4.57 Å². The van der Waals surface area contributed by atoms with Crippen molar-refractivity contribution in [3.05, 3.63) is 102 Å². The third-order valence-electron chi connectivity index (χ3n) is 6.39. The molecule has 164 valence electrons. The van der Waals surface area contributed by atoms with Crippen molar-refractivity contribution in [3.8, 4) is 0 Å². The van der Waals surface area contributed by atoms with Crippen LogP contribution in [0.1, 0.15) is 35.5 Å². The summed E-state index contributed by atoms with van der Waals surface area (Å²) >= 11 is 5.41. The van der Waals surface area contributed by atoms with Crippen LogP contribution in [-0.4, -0.2) is 0 Å². The molecule has 0 radical (unpaired) electrons. The number of fused-ring (bicyclic) bond motifs is 3. The zero-order valence-electron chi connectivity index (χ0n) is 18.9. The van der Waals surface area contributed by atoms with Crippen LogP contribution in [0.15, 0.2) is 66.7 Å². The molecule has 3 aromatic heterocycles. The lowest BCUT2D eigenvalue weighted by Gasteiger charge is -2.20. The lowest BCUT2D eigenvalue weighted by Crippen LogP contribution is -2.14. The Bertz CT molecular complexity index is 1630. The number of rotatable bonds is 3. The molecule has 5 aromatic rings. The number of thiophene rings is 3. The maximum Gasteiger partial charge on any atom is 0.174 e. The van der Waals surface area contributed by atoms with E-state index in [2.05, 4.69) is 76.2 Å². The summed E-state index contributed by atoms with van der Waals surface area (Å²) in [5, 5.41) is 4.12. The molecule has 4 heterocycles. The molecule has 33 heavy (non-hydrogen) atoms. The summed E-state index contributed by atoms with van der Waals surface area (Å²) in [4.78, 5) is 6.25. The molecule has 0 saturated heterocycles. The second kappa shape index (κ2) is 7.65. The van der Waals surface area contributed by atoms with Crippen LogP contribution in [0.25, 0.3) is 21.0 Å². The Morgan fingerprint density at radius 1 is 0.697 bits per heavy atom. The second-order valence-electron chi connectivity index (χ2n) is 8.60. The van der Waals surface area contributed by atoms with Crippen LogP contribution in [0.4, 0.5) is 0 Å². The molecule has 0 fully saturated rings. The molecule has 0 N–H and O–H groups in total. The van der Waals surface area contributed by atoms with Gasteiger partial charge in [0.2, 0.25) is 0 Å².